The van der Waals surface area contributed by atoms with Crippen molar-refractivity contribution in [3.05, 3.63) is 28.8 Å². The van der Waals surface area contributed by atoms with E-state index in [9.17, 15) is 9.59 Å². The normalized spacial score (nSPS) is 13.3. The SMILES string of the molecule is CCOc1c(C(C)(C)C)cc(C(=O)C(C)C(=O)OC)cc1C(C)(C)C. The summed E-state index contributed by atoms with van der Waals surface area (Å²) in [5, 5.41) is 0. The summed E-state index contributed by atoms with van der Waals surface area (Å²) in [6.45, 7) is 16.6. The zero-order valence-electron chi connectivity index (χ0n) is 17.1. The standard InChI is InChI=1S/C21H32O4/c1-10-25-18-15(20(3,4)5)11-14(12-16(18)21(6,7)8)17(22)13(2)19(23)24-9/h11-13H,10H2,1-9H3. The molecule has 1 atom stereocenters. The predicted octanol–water partition coefficient (Wildman–Crippen LogP) is 4.67. The topological polar surface area (TPSA) is 52.6 Å². The van der Waals surface area contributed by atoms with Crippen LogP contribution in [0, 0.1) is 5.92 Å². The summed E-state index contributed by atoms with van der Waals surface area (Å²) >= 11 is 0. The van der Waals surface area contributed by atoms with Gasteiger partial charge in [0.25, 0.3) is 0 Å². The van der Waals surface area contributed by atoms with E-state index in [0.717, 1.165) is 16.9 Å². The number of rotatable bonds is 5. The minimum absolute atomic E-state index is 0.199. The Morgan fingerprint density at radius 3 is 1.76 bits per heavy atom. The molecule has 0 bridgehead atoms. The Morgan fingerprint density at radius 2 is 1.44 bits per heavy atom. The van der Waals surface area contributed by atoms with Crippen LogP contribution in [-0.4, -0.2) is 25.5 Å². The summed E-state index contributed by atoms with van der Waals surface area (Å²) in [6, 6.07) is 3.73. The maximum absolute atomic E-state index is 12.8. The fourth-order valence-corrected chi connectivity index (χ4v) is 2.72. The second-order valence-corrected chi connectivity index (χ2v) is 8.44. The molecule has 0 aliphatic carbocycles. The van der Waals surface area contributed by atoms with Crippen LogP contribution in [0.2, 0.25) is 0 Å². The highest BCUT2D eigenvalue weighted by Crippen LogP contribution is 2.41. The Labute approximate surface area is 151 Å². The number of hydrogen-bond donors (Lipinski definition) is 0. The second-order valence-electron chi connectivity index (χ2n) is 8.44. The lowest BCUT2D eigenvalue weighted by Gasteiger charge is -2.30. The van der Waals surface area contributed by atoms with E-state index >= 15 is 0 Å². The molecular weight excluding hydrogens is 316 g/mol. The number of ether oxygens (including phenoxy) is 2. The third-order valence-electron chi connectivity index (χ3n) is 4.23. The van der Waals surface area contributed by atoms with Crippen LogP contribution in [0.3, 0.4) is 0 Å². The quantitative estimate of drug-likeness (QED) is 0.441. The average Bonchev–Trinajstić information content (AvgIpc) is 2.50. The summed E-state index contributed by atoms with van der Waals surface area (Å²) in [6.07, 6.45) is 0. The van der Waals surface area contributed by atoms with E-state index in [1.54, 1.807) is 6.92 Å². The van der Waals surface area contributed by atoms with Gasteiger partial charge in [-0.15, -0.1) is 0 Å². The van der Waals surface area contributed by atoms with Crippen LogP contribution in [-0.2, 0) is 20.4 Å². The van der Waals surface area contributed by atoms with Crippen molar-refractivity contribution in [1.29, 1.82) is 0 Å². The number of carbonyl (C=O) groups is 2. The van der Waals surface area contributed by atoms with Gasteiger partial charge in [0.1, 0.15) is 11.7 Å². The van der Waals surface area contributed by atoms with Gasteiger partial charge in [0.05, 0.1) is 13.7 Å². The Kier molecular flexibility index (Phi) is 6.44. The van der Waals surface area contributed by atoms with Crippen molar-refractivity contribution in [2.45, 2.75) is 66.2 Å². The van der Waals surface area contributed by atoms with Gasteiger partial charge in [-0.05, 0) is 36.8 Å². The first-order valence-corrected chi connectivity index (χ1v) is 8.78. The van der Waals surface area contributed by atoms with Gasteiger partial charge in [0.15, 0.2) is 5.78 Å². The first kappa shape index (κ1) is 21.2. The van der Waals surface area contributed by atoms with Gasteiger partial charge in [-0.25, -0.2) is 0 Å². The van der Waals surface area contributed by atoms with E-state index in [1.165, 1.54) is 7.11 Å². The minimum Gasteiger partial charge on any atom is -0.493 e. The maximum Gasteiger partial charge on any atom is 0.316 e. The number of methoxy groups -OCH3 is 1. The highest BCUT2D eigenvalue weighted by Gasteiger charge is 2.31. The van der Waals surface area contributed by atoms with E-state index in [0.29, 0.717) is 12.2 Å². The van der Waals surface area contributed by atoms with E-state index in [-0.39, 0.29) is 16.6 Å². The van der Waals surface area contributed by atoms with E-state index in [2.05, 4.69) is 41.5 Å². The van der Waals surface area contributed by atoms with Crippen molar-refractivity contribution >= 4 is 11.8 Å². The van der Waals surface area contributed by atoms with Crippen molar-refractivity contribution in [1.82, 2.24) is 0 Å². The zero-order valence-corrected chi connectivity index (χ0v) is 17.1. The zero-order chi connectivity index (χ0) is 19.6. The van der Waals surface area contributed by atoms with Gasteiger partial charge < -0.3 is 9.47 Å². The van der Waals surface area contributed by atoms with Crippen LogP contribution in [0.1, 0.15) is 76.9 Å². The molecule has 0 radical (unpaired) electrons. The summed E-state index contributed by atoms with van der Waals surface area (Å²) in [5.41, 5.74) is 2.07. The first-order valence-electron chi connectivity index (χ1n) is 8.78. The summed E-state index contributed by atoms with van der Waals surface area (Å²) in [5.74, 6) is -0.743. The predicted molar refractivity (Wildman–Crippen MR) is 101 cm³/mol. The lowest BCUT2D eigenvalue weighted by Crippen LogP contribution is -2.25. The van der Waals surface area contributed by atoms with Crippen LogP contribution < -0.4 is 4.74 Å². The Hall–Kier alpha value is -1.84. The van der Waals surface area contributed by atoms with Gasteiger partial charge in [0.2, 0.25) is 0 Å². The van der Waals surface area contributed by atoms with Gasteiger partial charge >= 0.3 is 5.97 Å². The van der Waals surface area contributed by atoms with Crippen molar-refractivity contribution < 1.29 is 19.1 Å². The largest absolute Gasteiger partial charge is 0.493 e. The molecule has 0 saturated carbocycles. The molecular formula is C21H32O4. The van der Waals surface area contributed by atoms with Gasteiger partial charge in [-0.3, -0.25) is 9.59 Å². The van der Waals surface area contributed by atoms with Crippen molar-refractivity contribution in [3.8, 4) is 5.75 Å². The molecule has 0 aliphatic rings. The highest BCUT2D eigenvalue weighted by atomic mass is 16.5. The highest BCUT2D eigenvalue weighted by molar-refractivity contribution is 6.08. The third kappa shape index (κ3) is 4.83. The van der Waals surface area contributed by atoms with Gasteiger partial charge in [0, 0.05) is 16.7 Å². The minimum atomic E-state index is -0.830. The second kappa shape index (κ2) is 7.59. The monoisotopic (exact) mass is 348 g/mol. The number of hydrogen-bond acceptors (Lipinski definition) is 4. The third-order valence-corrected chi connectivity index (χ3v) is 4.23. The molecule has 1 unspecified atom stereocenters. The molecule has 4 heteroatoms. The molecule has 140 valence electrons. The lowest BCUT2D eigenvalue weighted by atomic mass is 9.77. The van der Waals surface area contributed by atoms with Gasteiger partial charge in [-0.2, -0.15) is 0 Å². The molecule has 0 amide bonds. The molecule has 25 heavy (non-hydrogen) atoms. The van der Waals surface area contributed by atoms with Crippen LogP contribution in [0.25, 0.3) is 0 Å². The Bertz CT molecular complexity index is 610. The van der Waals surface area contributed by atoms with Crippen LogP contribution >= 0.6 is 0 Å². The lowest BCUT2D eigenvalue weighted by molar-refractivity contribution is -0.143. The molecule has 0 aromatic heterocycles. The van der Waals surface area contributed by atoms with Crippen molar-refractivity contribution in [2.24, 2.45) is 5.92 Å². The van der Waals surface area contributed by atoms with Crippen molar-refractivity contribution in [2.75, 3.05) is 13.7 Å². The number of carbonyl (C=O) groups excluding carboxylic acids is 2. The fourth-order valence-electron chi connectivity index (χ4n) is 2.72. The molecule has 4 nitrogen and oxygen atoms in total. The summed E-state index contributed by atoms with van der Waals surface area (Å²) in [4.78, 5) is 24.6. The molecule has 0 N–H and O–H groups in total. The van der Waals surface area contributed by atoms with Crippen molar-refractivity contribution in [3.63, 3.8) is 0 Å². The molecule has 1 aromatic carbocycles. The van der Waals surface area contributed by atoms with Crippen LogP contribution in [0.4, 0.5) is 0 Å². The molecule has 1 aromatic rings. The maximum atomic E-state index is 12.8. The van der Waals surface area contributed by atoms with E-state index < -0.39 is 11.9 Å². The number of esters is 1. The molecule has 0 fully saturated rings. The number of ketones is 1. The number of Topliss-reactive ketones (excluding diaryl/α,β-unsaturated/α-hetero) is 1. The first-order chi connectivity index (χ1) is 11.3. The Balaban J connectivity index is 3.67. The van der Waals surface area contributed by atoms with Crippen LogP contribution in [0.15, 0.2) is 12.1 Å². The molecule has 1 rings (SSSR count). The van der Waals surface area contributed by atoms with E-state index in [4.69, 9.17) is 9.47 Å². The number of benzene rings is 1. The summed E-state index contributed by atoms with van der Waals surface area (Å²) in [7, 11) is 1.30. The summed E-state index contributed by atoms with van der Waals surface area (Å²) < 4.78 is 10.7. The van der Waals surface area contributed by atoms with Crippen LogP contribution in [0.5, 0.6) is 5.75 Å². The average molecular weight is 348 g/mol. The smallest absolute Gasteiger partial charge is 0.316 e. The molecule has 0 heterocycles. The Morgan fingerprint density at radius 1 is 1.00 bits per heavy atom. The fraction of sp³-hybridized carbons (Fsp3) is 0.619. The molecule has 0 aliphatic heterocycles. The van der Waals surface area contributed by atoms with Gasteiger partial charge in [-0.1, -0.05) is 41.5 Å². The molecule has 0 saturated heterocycles. The molecule has 0 spiro atoms. The van der Waals surface area contributed by atoms with E-state index in [1.807, 2.05) is 19.1 Å².